The quantitative estimate of drug-likeness (QED) is 0.0324. The number of phenolic OH excluding ortho intramolecular Hbond substituents is 1. The number of carboxylic acid groups (broad SMARTS) is 1. The fourth-order valence-corrected chi connectivity index (χ4v) is 11.8. The van der Waals surface area contributed by atoms with Crippen molar-refractivity contribution < 1.29 is 135 Å². The molecular formula is C78H125N9O28S. The van der Waals surface area contributed by atoms with Crippen molar-refractivity contribution >= 4 is 81.0 Å². The van der Waals surface area contributed by atoms with Crippen LogP contribution in [-0.4, -0.2) is 347 Å². The molecule has 2 aromatic carbocycles. The van der Waals surface area contributed by atoms with Crippen molar-refractivity contribution in [3.05, 3.63) is 65.9 Å². The number of aliphatic hydroxyl groups excluding tert-OH is 2. The third kappa shape index (κ3) is 44.3. The maximum absolute atomic E-state index is 14.3. The Balaban J connectivity index is 1.01. The number of carbonyl (C=O) groups excluding carboxylic acids is 9. The number of carboxylic acids is 1. The number of amides is 8. The molecular weight excluding hydrogens is 1540 g/mol. The number of likely N-dealkylation sites (tertiary alicyclic amines) is 1. The molecule has 116 heavy (non-hydrogen) atoms. The Morgan fingerprint density at radius 1 is 0.509 bits per heavy atom. The van der Waals surface area contributed by atoms with Crippen molar-refractivity contribution in [3.8, 4) is 5.75 Å². The molecule has 0 spiro atoms. The second kappa shape index (κ2) is 61.7. The van der Waals surface area contributed by atoms with Crippen molar-refractivity contribution in [2.45, 2.75) is 128 Å². The van der Waals surface area contributed by atoms with Crippen molar-refractivity contribution in [1.29, 1.82) is 0 Å². The lowest BCUT2D eigenvalue weighted by atomic mass is 10.0. The van der Waals surface area contributed by atoms with E-state index in [2.05, 4.69) is 42.2 Å². The van der Waals surface area contributed by atoms with Gasteiger partial charge in [-0.3, -0.25) is 43.2 Å². The molecule has 38 heteroatoms. The van der Waals surface area contributed by atoms with E-state index in [9.17, 15) is 68.4 Å². The molecule has 0 aliphatic carbocycles. The minimum Gasteiger partial charge on any atom is -0.508 e. The third-order valence-electron chi connectivity index (χ3n) is 17.3. The first-order valence-corrected chi connectivity index (χ1v) is 40.4. The van der Waals surface area contributed by atoms with Crippen LogP contribution in [0.1, 0.15) is 78.4 Å². The van der Waals surface area contributed by atoms with E-state index in [1.54, 1.807) is 40.0 Å². The second-order valence-corrected chi connectivity index (χ2v) is 28.8. The summed E-state index contributed by atoms with van der Waals surface area (Å²) in [6, 6.07) is 3.07. The Morgan fingerprint density at radius 3 is 1.47 bits per heavy atom. The van der Waals surface area contributed by atoms with Crippen LogP contribution in [-0.2, 0) is 127 Å². The van der Waals surface area contributed by atoms with Gasteiger partial charge >= 0.3 is 5.97 Å². The number of para-hydroxylation sites is 1. The van der Waals surface area contributed by atoms with Crippen LogP contribution >= 0.6 is 11.8 Å². The topological polar surface area (TPSA) is 484 Å². The molecule has 0 saturated carbocycles. The molecule has 8 atom stereocenters. The first kappa shape index (κ1) is 101. The second-order valence-electron chi connectivity index (χ2n) is 27.5. The molecule has 1 aliphatic rings. The van der Waals surface area contributed by atoms with Crippen LogP contribution in [0.5, 0.6) is 5.75 Å². The third-order valence-corrected chi connectivity index (χ3v) is 18.1. The van der Waals surface area contributed by atoms with Crippen molar-refractivity contribution in [2.24, 2.45) is 11.8 Å². The number of hydrogen-bond acceptors (Lipinski definition) is 28. The fraction of sp³-hybridized carbons (Fsp3) is 0.692. The highest BCUT2D eigenvalue weighted by atomic mass is 32.2. The van der Waals surface area contributed by atoms with Crippen LogP contribution < -0.4 is 37.2 Å². The average molecular weight is 1670 g/mol. The number of hydrogen-bond donors (Lipinski definition) is 12. The van der Waals surface area contributed by atoms with Gasteiger partial charge < -0.3 is 134 Å². The van der Waals surface area contributed by atoms with Gasteiger partial charge in [0.15, 0.2) is 5.12 Å². The van der Waals surface area contributed by atoms with Gasteiger partial charge in [0.1, 0.15) is 54.6 Å². The maximum Gasteiger partial charge on any atom is 0.326 e. The summed E-state index contributed by atoms with van der Waals surface area (Å²) in [5.74, 6) is -7.71. The number of aliphatic hydroxyl groups is 2. The number of aromatic hydroxyl groups is 1. The summed E-state index contributed by atoms with van der Waals surface area (Å²) in [7, 11) is 0. The molecule has 1 aromatic heterocycles. The number of aromatic nitrogens is 1. The molecule has 1 aliphatic heterocycles. The molecule has 2 unspecified atom stereocenters. The minimum absolute atomic E-state index is 0.00929. The summed E-state index contributed by atoms with van der Waals surface area (Å²) < 4.78 is 76.8. The van der Waals surface area contributed by atoms with Crippen LogP contribution in [0.15, 0.2) is 54.7 Å². The van der Waals surface area contributed by atoms with E-state index in [0.29, 0.717) is 175 Å². The van der Waals surface area contributed by atoms with Gasteiger partial charge in [0.2, 0.25) is 47.3 Å². The van der Waals surface area contributed by atoms with Gasteiger partial charge in [-0.05, 0) is 67.3 Å². The number of phenols is 1. The Bertz CT molecular complexity index is 3290. The average Bonchev–Trinajstić information content (AvgIpc) is 1.65. The Labute approximate surface area is 682 Å². The molecule has 12 N–H and O–H groups in total. The maximum atomic E-state index is 14.3. The zero-order valence-electron chi connectivity index (χ0n) is 67.8. The lowest BCUT2D eigenvalue weighted by Gasteiger charge is -2.31. The predicted octanol–water partition coefficient (Wildman–Crippen LogP) is -0.263. The van der Waals surface area contributed by atoms with Gasteiger partial charge in [-0.25, -0.2) is 4.79 Å². The zero-order valence-corrected chi connectivity index (χ0v) is 68.6. The van der Waals surface area contributed by atoms with Gasteiger partial charge in [-0.1, -0.05) is 69.8 Å². The molecule has 1 saturated heterocycles. The largest absolute Gasteiger partial charge is 0.508 e. The lowest BCUT2D eigenvalue weighted by molar-refractivity contribution is -0.144. The number of benzene rings is 2. The molecule has 8 amide bonds. The number of nitrogens with one attached hydrogen (secondary N) is 8. The number of carbonyl (C=O) groups is 10. The minimum atomic E-state index is -1.66. The van der Waals surface area contributed by atoms with Crippen molar-refractivity contribution in [3.63, 3.8) is 0 Å². The van der Waals surface area contributed by atoms with Gasteiger partial charge in [0, 0.05) is 62.1 Å². The first-order valence-electron chi connectivity index (χ1n) is 39.4. The highest BCUT2D eigenvalue weighted by Crippen LogP contribution is 2.23. The summed E-state index contributed by atoms with van der Waals surface area (Å²) >= 11 is 1.24. The van der Waals surface area contributed by atoms with Crippen molar-refractivity contribution in [1.82, 2.24) is 47.1 Å². The van der Waals surface area contributed by atoms with Crippen LogP contribution in [0.4, 0.5) is 0 Å². The SMILES string of the molecule is CC(=O)SCCOCCOCCOCCOCCOCCOCCOCCOCCOCCOCCOCCOCCC(=O)NCCOCCOCC(=O)N[C@@H](CC(C)C)C(=O)N[C@H](C(=O)N[C@H](C(=O)N[C@@H](CO)C(=O)N1CCCC1C(=O)N[C@@H](Cc1c[nH]c2ccccc12)C(=O)NC(Cc1ccc(O)cc1)C(=O)O)C(C)C)[C@@H](C)O. The normalized spacial score (nSPS) is 14.7. The number of ether oxygens (including phenoxy) is 14. The van der Waals surface area contributed by atoms with Gasteiger partial charge in [0.25, 0.3) is 0 Å². The highest BCUT2D eigenvalue weighted by molar-refractivity contribution is 8.13. The summed E-state index contributed by atoms with van der Waals surface area (Å²) in [6.07, 6.45) is 0.534. The van der Waals surface area contributed by atoms with E-state index in [-0.39, 0.29) is 94.3 Å². The van der Waals surface area contributed by atoms with Crippen molar-refractivity contribution in [2.75, 3.05) is 210 Å². The van der Waals surface area contributed by atoms with E-state index in [4.69, 9.17) is 66.3 Å². The molecule has 656 valence electrons. The van der Waals surface area contributed by atoms with E-state index in [0.717, 1.165) is 15.8 Å². The molecule has 4 rings (SSSR count). The Hall–Kier alpha value is -7.61. The van der Waals surface area contributed by atoms with E-state index in [1.165, 1.54) is 49.9 Å². The van der Waals surface area contributed by atoms with Crippen LogP contribution in [0.3, 0.4) is 0 Å². The first-order chi connectivity index (χ1) is 56.0. The van der Waals surface area contributed by atoms with Gasteiger partial charge in [0.05, 0.1) is 191 Å². The van der Waals surface area contributed by atoms with Crippen LogP contribution in [0.2, 0.25) is 0 Å². The van der Waals surface area contributed by atoms with Crippen LogP contribution in [0, 0.1) is 11.8 Å². The predicted molar refractivity (Wildman–Crippen MR) is 423 cm³/mol. The Kier molecular flexibility index (Phi) is 53.6. The summed E-state index contributed by atoms with van der Waals surface area (Å²) in [5.41, 5.74) is 1.86. The molecule has 0 radical (unpaired) electrons. The standard InChI is InChI=1S/C78H125N9O28S/c1-54(2)48-63(81-69(93)53-115-45-44-103-21-18-79-68(92)17-20-102-22-23-104-24-25-105-26-27-106-28-29-107-30-31-108-32-33-109-34-35-110-36-37-111-38-39-112-40-41-113-42-43-114-46-47-116-57(6)90)73(95)86-71(56(5)89)76(98)85-70(55(3)4)75(97)84-66(52-88)77(99)87-19-9-12-67(87)74(96)82-64(50-59-51-80-62-11-8-7-10-61(59)62)72(94)83-65(78(100)101)49-58-13-15-60(91)16-14-58/h7-8,10-11,13-16,51,54-56,63-67,70-71,80,88-89,91H,9,12,17-50,52-53H2,1-6H3,(H,79,92)(H,81,93)(H,82,96)(H,83,94)(H,84,97)(H,85,98)(H,86,95)(H,100,101)/t56-,63+,64+,65?,66+,67?,70+,71+/m1/s1. The molecule has 0 bridgehead atoms. The zero-order chi connectivity index (χ0) is 84.5. The number of aliphatic carboxylic acids is 1. The summed E-state index contributed by atoms with van der Waals surface area (Å²) in [6.45, 7) is 18.7. The number of fused-ring (bicyclic) bond motifs is 1. The van der Waals surface area contributed by atoms with Gasteiger partial charge in [-0.15, -0.1) is 0 Å². The van der Waals surface area contributed by atoms with Crippen LogP contribution in [0.25, 0.3) is 10.9 Å². The number of rotatable bonds is 69. The van der Waals surface area contributed by atoms with E-state index < -0.39 is 115 Å². The summed E-state index contributed by atoms with van der Waals surface area (Å²) in [5, 5.41) is 60.2. The number of nitrogens with zero attached hydrogens (tertiary/aromatic N) is 1. The number of H-pyrrole nitrogens is 1. The van der Waals surface area contributed by atoms with Gasteiger partial charge in [-0.2, -0.15) is 0 Å². The lowest BCUT2D eigenvalue weighted by Crippen LogP contribution is -2.62. The van der Waals surface area contributed by atoms with E-state index in [1.807, 2.05) is 18.2 Å². The Morgan fingerprint density at radius 2 is 0.974 bits per heavy atom. The monoisotopic (exact) mass is 1670 g/mol. The highest BCUT2D eigenvalue weighted by Gasteiger charge is 2.41. The summed E-state index contributed by atoms with van der Waals surface area (Å²) in [4.78, 5) is 137. The molecule has 2 heterocycles. The number of thioether (sulfide) groups is 1. The molecule has 3 aromatic rings. The number of aromatic amines is 1. The molecule has 1 fully saturated rings. The molecule has 37 nitrogen and oxygen atoms in total. The smallest absolute Gasteiger partial charge is 0.326 e. The van der Waals surface area contributed by atoms with E-state index >= 15 is 0 Å². The fourth-order valence-electron chi connectivity index (χ4n) is 11.3.